The molecule has 2 heteroatoms. The second-order valence-corrected chi connectivity index (χ2v) is 7.28. The minimum atomic E-state index is -0.128. The van der Waals surface area contributed by atoms with Crippen LogP contribution in [-0.2, 0) is 11.2 Å². The van der Waals surface area contributed by atoms with E-state index in [-0.39, 0.29) is 4.75 Å². The molecular weight excluding hydrogens is 240 g/mol. The lowest BCUT2D eigenvalue weighted by atomic mass is 9.94. The molecule has 1 aromatic carbocycles. The fourth-order valence-corrected chi connectivity index (χ4v) is 3.65. The first-order valence-electron chi connectivity index (χ1n) is 6.77. The predicted molar refractivity (Wildman–Crippen MR) is 79.3 cm³/mol. The minimum Gasteiger partial charge on any atom is -0.298 e. The summed E-state index contributed by atoms with van der Waals surface area (Å²) in [6.07, 6.45) is 2.81. The fourth-order valence-electron chi connectivity index (χ4n) is 2.39. The topological polar surface area (TPSA) is 17.1 Å². The third-order valence-corrected chi connectivity index (χ3v) is 5.38. The number of hydrogen-bond acceptors (Lipinski definition) is 2. The molecular formula is C16H22OS. The van der Waals surface area contributed by atoms with E-state index in [2.05, 4.69) is 45.0 Å². The summed E-state index contributed by atoms with van der Waals surface area (Å²) in [5.41, 5.74) is 2.49. The molecule has 1 fully saturated rings. The van der Waals surface area contributed by atoms with Crippen molar-refractivity contribution in [3.05, 3.63) is 35.4 Å². The summed E-state index contributed by atoms with van der Waals surface area (Å²) in [7, 11) is 0. The second kappa shape index (κ2) is 5.48. The maximum absolute atomic E-state index is 12.3. The Kier molecular flexibility index (Phi) is 4.16. The summed E-state index contributed by atoms with van der Waals surface area (Å²) < 4.78 is -0.128. The molecule has 1 aliphatic rings. The summed E-state index contributed by atoms with van der Waals surface area (Å²) >= 11 is 1.83. The Morgan fingerprint density at radius 3 is 2.50 bits per heavy atom. The van der Waals surface area contributed by atoms with Gasteiger partial charge in [0.2, 0.25) is 0 Å². The summed E-state index contributed by atoms with van der Waals surface area (Å²) in [6.45, 7) is 6.49. The molecule has 0 bridgehead atoms. The molecule has 98 valence electrons. The van der Waals surface area contributed by atoms with Gasteiger partial charge in [-0.2, -0.15) is 0 Å². The van der Waals surface area contributed by atoms with Crippen molar-refractivity contribution in [2.75, 3.05) is 5.75 Å². The molecule has 0 N–H and O–H groups in total. The highest BCUT2D eigenvalue weighted by Crippen LogP contribution is 2.39. The van der Waals surface area contributed by atoms with E-state index in [4.69, 9.17) is 0 Å². The number of Topliss-reactive ketones (excluding diaryl/α,β-unsaturated/α-hetero) is 1. The molecule has 0 spiro atoms. The molecule has 0 aromatic heterocycles. The Bertz CT molecular complexity index is 413. The number of benzene rings is 1. The molecule has 0 radical (unpaired) electrons. The van der Waals surface area contributed by atoms with Gasteiger partial charge >= 0.3 is 0 Å². The Hall–Kier alpha value is -0.760. The zero-order valence-electron chi connectivity index (χ0n) is 11.5. The highest BCUT2D eigenvalue weighted by molar-refractivity contribution is 8.01. The highest BCUT2D eigenvalue weighted by Gasteiger charge is 2.36. The maximum atomic E-state index is 12.3. The van der Waals surface area contributed by atoms with Gasteiger partial charge in [-0.1, -0.05) is 38.1 Å². The molecule has 1 heterocycles. The largest absolute Gasteiger partial charge is 0.298 e. The average molecular weight is 262 g/mol. The SMILES string of the molecule is CC(C)c1ccc(CC(=O)C2(C)CCCS2)cc1. The lowest BCUT2D eigenvalue weighted by Crippen LogP contribution is -2.30. The van der Waals surface area contributed by atoms with Crippen molar-refractivity contribution in [1.29, 1.82) is 0 Å². The molecule has 1 unspecified atom stereocenters. The van der Waals surface area contributed by atoms with Crippen LogP contribution in [0.3, 0.4) is 0 Å². The molecule has 1 aromatic rings. The van der Waals surface area contributed by atoms with Gasteiger partial charge in [0.15, 0.2) is 5.78 Å². The van der Waals surface area contributed by atoms with Gasteiger partial charge in [-0.05, 0) is 42.6 Å². The number of thioether (sulfide) groups is 1. The Balaban J connectivity index is 2.03. The first kappa shape index (κ1) is 13.7. The molecule has 0 amide bonds. The summed E-state index contributed by atoms with van der Waals surface area (Å²) in [5.74, 6) is 2.08. The van der Waals surface area contributed by atoms with E-state index in [9.17, 15) is 4.79 Å². The zero-order valence-corrected chi connectivity index (χ0v) is 12.3. The zero-order chi connectivity index (χ0) is 13.2. The molecule has 1 nitrogen and oxygen atoms in total. The summed E-state index contributed by atoms with van der Waals surface area (Å²) in [4.78, 5) is 12.3. The molecule has 0 aliphatic carbocycles. The number of hydrogen-bond donors (Lipinski definition) is 0. The summed E-state index contributed by atoms with van der Waals surface area (Å²) in [5, 5.41) is 0. The van der Waals surface area contributed by atoms with Crippen molar-refractivity contribution in [1.82, 2.24) is 0 Å². The van der Waals surface area contributed by atoms with Crippen molar-refractivity contribution >= 4 is 17.5 Å². The van der Waals surface area contributed by atoms with E-state index < -0.39 is 0 Å². The Morgan fingerprint density at radius 2 is 2.00 bits per heavy atom. The third-order valence-electron chi connectivity index (χ3n) is 3.82. The van der Waals surface area contributed by atoms with Crippen molar-refractivity contribution in [2.45, 2.75) is 50.7 Å². The average Bonchev–Trinajstić information content (AvgIpc) is 2.78. The lowest BCUT2D eigenvalue weighted by Gasteiger charge is -2.20. The smallest absolute Gasteiger partial charge is 0.152 e. The quantitative estimate of drug-likeness (QED) is 0.808. The normalized spacial score (nSPS) is 23.6. The van der Waals surface area contributed by atoms with Crippen molar-refractivity contribution in [2.24, 2.45) is 0 Å². The minimum absolute atomic E-state index is 0.128. The van der Waals surface area contributed by atoms with Gasteiger partial charge in [-0.3, -0.25) is 4.79 Å². The van der Waals surface area contributed by atoms with Crippen LogP contribution < -0.4 is 0 Å². The van der Waals surface area contributed by atoms with Gasteiger partial charge in [0.1, 0.15) is 0 Å². The first-order valence-corrected chi connectivity index (χ1v) is 7.76. The van der Waals surface area contributed by atoms with E-state index >= 15 is 0 Å². The Labute approximate surface area is 114 Å². The number of carbonyl (C=O) groups is 1. The molecule has 0 saturated carbocycles. The van der Waals surface area contributed by atoms with Crippen LogP contribution in [0.2, 0.25) is 0 Å². The second-order valence-electron chi connectivity index (χ2n) is 5.68. The van der Waals surface area contributed by atoms with Crippen LogP contribution in [0.25, 0.3) is 0 Å². The Morgan fingerprint density at radius 1 is 1.33 bits per heavy atom. The van der Waals surface area contributed by atoms with Gasteiger partial charge in [-0.15, -0.1) is 11.8 Å². The maximum Gasteiger partial charge on any atom is 0.152 e. The molecule has 1 atom stereocenters. The molecule has 2 rings (SSSR count). The summed E-state index contributed by atoms with van der Waals surface area (Å²) in [6, 6.07) is 8.52. The predicted octanol–water partition coefficient (Wildman–Crippen LogP) is 4.21. The van der Waals surface area contributed by atoms with Gasteiger partial charge in [0.25, 0.3) is 0 Å². The van der Waals surface area contributed by atoms with Crippen LogP contribution in [0.15, 0.2) is 24.3 Å². The van der Waals surface area contributed by atoms with Crippen molar-refractivity contribution in [3.8, 4) is 0 Å². The van der Waals surface area contributed by atoms with E-state index in [1.165, 1.54) is 12.0 Å². The van der Waals surface area contributed by atoms with Crippen LogP contribution >= 0.6 is 11.8 Å². The van der Waals surface area contributed by atoms with Gasteiger partial charge in [0.05, 0.1) is 4.75 Å². The van der Waals surface area contributed by atoms with Crippen LogP contribution in [0.1, 0.15) is 50.7 Å². The first-order chi connectivity index (χ1) is 8.51. The van der Waals surface area contributed by atoms with E-state index in [0.717, 1.165) is 17.7 Å². The van der Waals surface area contributed by atoms with Crippen molar-refractivity contribution in [3.63, 3.8) is 0 Å². The monoisotopic (exact) mass is 262 g/mol. The number of carbonyl (C=O) groups excluding carboxylic acids is 1. The van der Waals surface area contributed by atoms with Gasteiger partial charge < -0.3 is 0 Å². The van der Waals surface area contributed by atoms with Crippen LogP contribution in [-0.4, -0.2) is 16.3 Å². The van der Waals surface area contributed by atoms with Crippen LogP contribution in [0.4, 0.5) is 0 Å². The van der Waals surface area contributed by atoms with Crippen LogP contribution in [0.5, 0.6) is 0 Å². The molecule has 18 heavy (non-hydrogen) atoms. The highest BCUT2D eigenvalue weighted by atomic mass is 32.2. The lowest BCUT2D eigenvalue weighted by molar-refractivity contribution is -0.120. The van der Waals surface area contributed by atoms with Gasteiger partial charge in [-0.25, -0.2) is 0 Å². The molecule has 1 aliphatic heterocycles. The van der Waals surface area contributed by atoms with E-state index in [1.54, 1.807) is 0 Å². The van der Waals surface area contributed by atoms with Crippen LogP contribution in [0, 0.1) is 0 Å². The number of rotatable bonds is 4. The fraction of sp³-hybridized carbons (Fsp3) is 0.562. The van der Waals surface area contributed by atoms with E-state index in [1.807, 2.05) is 11.8 Å². The van der Waals surface area contributed by atoms with Gasteiger partial charge in [0, 0.05) is 6.42 Å². The molecule has 1 saturated heterocycles. The number of ketones is 1. The standard InChI is InChI=1S/C16H22OS/c1-12(2)14-7-5-13(6-8-14)11-15(17)16(3)9-4-10-18-16/h5-8,12H,4,9-11H2,1-3H3. The third kappa shape index (κ3) is 2.97. The van der Waals surface area contributed by atoms with E-state index in [0.29, 0.717) is 18.1 Å². The van der Waals surface area contributed by atoms with Crippen molar-refractivity contribution < 1.29 is 4.79 Å².